The second kappa shape index (κ2) is 12.5. The number of benzene rings is 2. The summed E-state index contributed by atoms with van der Waals surface area (Å²) in [5, 5.41) is 12.7. The Kier molecular flexibility index (Phi) is 8.85. The van der Waals surface area contributed by atoms with Crippen LogP contribution in [0.1, 0.15) is 48.8 Å². The Balaban J connectivity index is 1.51. The number of amides is 1. The average Bonchev–Trinajstić information content (AvgIpc) is 3.76. The molecule has 1 amide bonds. The fraction of sp³-hybridized carbons (Fsp3) is 0.345. The first-order valence-corrected chi connectivity index (χ1v) is 12.6. The molecule has 10 heteroatoms. The van der Waals surface area contributed by atoms with Gasteiger partial charge in [0.2, 0.25) is 0 Å². The minimum atomic E-state index is -1.09. The van der Waals surface area contributed by atoms with E-state index in [1.54, 1.807) is 37.3 Å². The number of halogens is 1. The summed E-state index contributed by atoms with van der Waals surface area (Å²) in [4.78, 5) is 29.5. The van der Waals surface area contributed by atoms with Gasteiger partial charge in [-0.1, -0.05) is 18.2 Å². The molecule has 39 heavy (non-hydrogen) atoms. The van der Waals surface area contributed by atoms with E-state index in [1.165, 1.54) is 38.4 Å². The molecule has 0 unspecified atom stereocenters. The predicted molar refractivity (Wildman–Crippen MR) is 139 cm³/mol. The van der Waals surface area contributed by atoms with Gasteiger partial charge in [0.05, 0.1) is 13.7 Å². The molecular weight excluding hydrogens is 507 g/mol. The zero-order valence-electron chi connectivity index (χ0n) is 21.9. The lowest BCUT2D eigenvalue weighted by Crippen LogP contribution is -2.42. The highest BCUT2D eigenvalue weighted by Crippen LogP contribution is 2.36. The van der Waals surface area contributed by atoms with E-state index in [1.807, 2.05) is 6.07 Å². The van der Waals surface area contributed by atoms with Crippen LogP contribution < -0.4 is 19.5 Å². The Morgan fingerprint density at radius 3 is 2.54 bits per heavy atom. The molecule has 0 radical (unpaired) electrons. The molecule has 2 aromatic carbocycles. The van der Waals surface area contributed by atoms with Gasteiger partial charge in [-0.2, -0.15) is 0 Å². The molecule has 2 N–H and O–H groups in total. The molecule has 3 aromatic rings. The molecular formula is C29H31FN2O7. The van der Waals surface area contributed by atoms with Gasteiger partial charge in [-0.15, -0.1) is 0 Å². The van der Waals surface area contributed by atoms with Gasteiger partial charge in [-0.3, -0.25) is 4.79 Å². The number of aromatic hydroxyl groups is 1. The molecule has 0 spiro atoms. The van der Waals surface area contributed by atoms with E-state index in [4.69, 9.17) is 18.9 Å². The zero-order chi connectivity index (χ0) is 27.9. The monoisotopic (exact) mass is 538 g/mol. The maximum atomic E-state index is 14.2. The number of nitrogens with one attached hydrogen (secondary N) is 1. The van der Waals surface area contributed by atoms with E-state index >= 15 is 0 Å². The van der Waals surface area contributed by atoms with Crippen molar-refractivity contribution in [3.8, 4) is 23.0 Å². The number of hydrogen-bond acceptors (Lipinski definition) is 8. The molecule has 0 bridgehead atoms. The number of carbonyl (C=O) groups is 2. The third-order valence-electron chi connectivity index (χ3n) is 6.21. The largest absolute Gasteiger partial charge is 0.503 e. The number of esters is 1. The van der Waals surface area contributed by atoms with Gasteiger partial charge in [0, 0.05) is 23.9 Å². The van der Waals surface area contributed by atoms with Gasteiger partial charge in [-0.25, -0.2) is 14.2 Å². The van der Waals surface area contributed by atoms with Crippen molar-refractivity contribution in [3.05, 3.63) is 77.9 Å². The Labute approximate surface area is 225 Å². The molecule has 1 aliphatic carbocycles. The fourth-order valence-corrected chi connectivity index (χ4v) is 3.86. The molecule has 1 aromatic heterocycles. The lowest BCUT2D eigenvalue weighted by Gasteiger charge is -2.28. The highest BCUT2D eigenvalue weighted by molar-refractivity contribution is 5.97. The molecule has 1 saturated carbocycles. The van der Waals surface area contributed by atoms with Crippen molar-refractivity contribution in [2.45, 2.75) is 44.9 Å². The molecule has 3 atom stereocenters. The van der Waals surface area contributed by atoms with Gasteiger partial charge in [0.25, 0.3) is 5.91 Å². The first kappa shape index (κ1) is 27.7. The summed E-state index contributed by atoms with van der Waals surface area (Å²) in [6.07, 6.45) is 1.72. The van der Waals surface area contributed by atoms with E-state index in [9.17, 15) is 19.1 Å². The summed E-state index contributed by atoms with van der Waals surface area (Å²) in [5.74, 6) is -1.10. The van der Waals surface area contributed by atoms with Crippen LogP contribution in [0, 0.1) is 11.7 Å². The molecule has 1 aliphatic rings. The second-order valence-electron chi connectivity index (χ2n) is 9.34. The third-order valence-corrected chi connectivity index (χ3v) is 6.21. The summed E-state index contributed by atoms with van der Waals surface area (Å²) in [5.41, 5.74) is 0.222. The van der Waals surface area contributed by atoms with Crippen LogP contribution in [0.15, 0.2) is 60.8 Å². The van der Waals surface area contributed by atoms with Gasteiger partial charge in [0.1, 0.15) is 29.5 Å². The summed E-state index contributed by atoms with van der Waals surface area (Å²) < 4.78 is 37.0. The van der Waals surface area contributed by atoms with Gasteiger partial charge in [0.15, 0.2) is 23.3 Å². The normalized spacial score (nSPS) is 15.0. The van der Waals surface area contributed by atoms with Crippen LogP contribution in [0.5, 0.6) is 23.0 Å². The van der Waals surface area contributed by atoms with Crippen molar-refractivity contribution in [2.24, 2.45) is 5.92 Å². The molecule has 0 saturated heterocycles. The van der Waals surface area contributed by atoms with Crippen LogP contribution in [0.3, 0.4) is 0 Å². The van der Waals surface area contributed by atoms with Crippen LogP contribution in [0.2, 0.25) is 0 Å². The zero-order valence-corrected chi connectivity index (χ0v) is 21.9. The van der Waals surface area contributed by atoms with Crippen molar-refractivity contribution < 1.29 is 38.0 Å². The summed E-state index contributed by atoms with van der Waals surface area (Å²) in [6, 6.07) is 13.4. The average molecular weight is 539 g/mol. The van der Waals surface area contributed by atoms with Gasteiger partial charge in [-0.05, 0) is 56.9 Å². The summed E-state index contributed by atoms with van der Waals surface area (Å²) in [7, 11) is 1.34. The summed E-state index contributed by atoms with van der Waals surface area (Å²) in [6.45, 7) is 3.54. The highest BCUT2D eigenvalue weighted by Gasteiger charge is 2.31. The number of pyridine rings is 1. The van der Waals surface area contributed by atoms with E-state index < -0.39 is 41.7 Å². The van der Waals surface area contributed by atoms with Crippen LogP contribution >= 0.6 is 0 Å². The lowest BCUT2D eigenvalue weighted by molar-refractivity contribution is -0.154. The SMILES string of the molecule is COc1ccnc(C(=O)N[C@@H](C)C(=O)O[C@@H](C)[C@H](Oc2ccccc2)c2ccc(F)cc2OCC2CC2)c1O. The number of rotatable bonds is 12. The number of methoxy groups -OCH3 is 1. The number of para-hydroxylation sites is 1. The van der Waals surface area contributed by atoms with Crippen LogP contribution in [-0.4, -0.2) is 47.8 Å². The van der Waals surface area contributed by atoms with Crippen molar-refractivity contribution in [1.29, 1.82) is 0 Å². The number of aromatic nitrogens is 1. The Morgan fingerprint density at radius 2 is 1.85 bits per heavy atom. The van der Waals surface area contributed by atoms with Crippen LogP contribution in [0.25, 0.3) is 0 Å². The topological polar surface area (TPSA) is 116 Å². The Bertz CT molecular complexity index is 1300. The maximum absolute atomic E-state index is 14.2. The van der Waals surface area contributed by atoms with Gasteiger partial charge < -0.3 is 29.4 Å². The Hall–Kier alpha value is -4.34. The minimum Gasteiger partial charge on any atom is -0.503 e. The molecule has 206 valence electrons. The van der Waals surface area contributed by atoms with Crippen molar-refractivity contribution in [3.63, 3.8) is 0 Å². The van der Waals surface area contributed by atoms with Crippen molar-refractivity contribution in [1.82, 2.24) is 10.3 Å². The van der Waals surface area contributed by atoms with E-state index in [0.717, 1.165) is 12.8 Å². The van der Waals surface area contributed by atoms with E-state index in [0.29, 0.717) is 29.6 Å². The second-order valence-corrected chi connectivity index (χ2v) is 9.34. The molecule has 4 rings (SSSR count). The van der Waals surface area contributed by atoms with E-state index in [2.05, 4.69) is 10.3 Å². The number of nitrogens with zero attached hydrogens (tertiary/aromatic N) is 1. The highest BCUT2D eigenvalue weighted by atomic mass is 19.1. The number of carbonyl (C=O) groups excluding carboxylic acids is 2. The quantitative estimate of drug-likeness (QED) is 0.322. The maximum Gasteiger partial charge on any atom is 0.328 e. The minimum absolute atomic E-state index is 0.0684. The van der Waals surface area contributed by atoms with Crippen LogP contribution in [-0.2, 0) is 9.53 Å². The van der Waals surface area contributed by atoms with Crippen molar-refractivity contribution >= 4 is 11.9 Å². The smallest absolute Gasteiger partial charge is 0.328 e. The Morgan fingerprint density at radius 1 is 1.10 bits per heavy atom. The fourth-order valence-electron chi connectivity index (χ4n) is 3.86. The molecule has 9 nitrogen and oxygen atoms in total. The van der Waals surface area contributed by atoms with Gasteiger partial charge >= 0.3 is 5.97 Å². The van der Waals surface area contributed by atoms with Crippen LogP contribution in [0.4, 0.5) is 4.39 Å². The summed E-state index contributed by atoms with van der Waals surface area (Å²) >= 11 is 0. The number of hydrogen-bond donors (Lipinski definition) is 2. The lowest BCUT2D eigenvalue weighted by atomic mass is 10.0. The first-order chi connectivity index (χ1) is 18.8. The molecule has 1 heterocycles. The first-order valence-electron chi connectivity index (χ1n) is 12.6. The standard InChI is InChI=1S/C29H31FN2O7/c1-17(32-28(34)25-26(33)23(36-3)13-14-31-25)29(35)38-18(2)27(39-21-7-5-4-6-8-21)22-12-11-20(30)15-24(22)37-16-19-9-10-19/h4-8,11-15,17-19,27,33H,9-10,16H2,1-3H3,(H,32,34)/t17-,18-,27-/m0/s1. The third kappa shape index (κ3) is 7.16. The molecule has 0 aliphatic heterocycles. The predicted octanol–water partition coefficient (Wildman–Crippen LogP) is 4.59. The van der Waals surface area contributed by atoms with E-state index in [-0.39, 0.29) is 11.4 Å². The number of ether oxygens (including phenoxy) is 4. The van der Waals surface area contributed by atoms with Crippen molar-refractivity contribution in [2.75, 3.05) is 13.7 Å². The molecule has 1 fully saturated rings.